The summed E-state index contributed by atoms with van der Waals surface area (Å²) in [5.74, 6) is -1.57. The van der Waals surface area contributed by atoms with E-state index in [1.54, 1.807) is 25.1 Å². The van der Waals surface area contributed by atoms with Gasteiger partial charge in [-0.25, -0.2) is 9.18 Å². The Hall–Kier alpha value is -2.95. The van der Waals surface area contributed by atoms with Crippen molar-refractivity contribution in [3.05, 3.63) is 71.0 Å². The van der Waals surface area contributed by atoms with Crippen molar-refractivity contribution in [3.63, 3.8) is 0 Å². The summed E-state index contributed by atoms with van der Waals surface area (Å²) in [7, 11) is 0. The van der Waals surface area contributed by atoms with Crippen molar-refractivity contribution in [2.45, 2.75) is 26.9 Å². The summed E-state index contributed by atoms with van der Waals surface area (Å²) in [6.45, 7) is 5.04. The van der Waals surface area contributed by atoms with Crippen molar-refractivity contribution in [2.24, 2.45) is 0 Å². The summed E-state index contributed by atoms with van der Waals surface area (Å²) >= 11 is 0. The third-order valence-electron chi connectivity index (χ3n) is 3.56. The number of carbonyl (C=O) groups excluding carboxylic acids is 2. The van der Waals surface area contributed by atoms with Crippen molar-refractivity contribution in [3.8, 4) is 0 Å². The van der Waals surface area contributed by atoms with Crippen molar-refractivity contribution in [1.82, 2.24) is 0 Å². The summed E-state index contributed by atoms with van der Waals surface area (Å²) in [5, 5.41) is 2.52. The van der Waals surface area contributed by atoms with Gasteiger partial charge in [-0.1, -0.05) is 35.9 Å². The number of hydrogen-bond donors (Lipinski definition) is 1. The van der Waals surface area contributed by atoms with Crippen LogP contribution in [-0.2, 0) is 14.3 Å². The van der Waals surface area contributed by atoms with Gasteiger partial charge in [-0.2, -0.15) is 0 Å². The van der Waals surface area contributed by atoms with E-state index in [0.29, 0.717) is 11.3 Å². The van der Waals surface area contributed by atoms with Gasteiger partial charge < -0.3 is 10.1 Å². The molecule has 1 N–H and O–H groups in total. The molecule has 0 saturated heterocycles. The van der Waals surface area contributed by atoms with E-state index in [0.717, 1.165) is 11.1 Å². The minimum atomic E-state index is -1.00. The van der Waals surface area contributed by atoms with Crippen LogP contribution in [0.25, 0.3) is 6.08 Å². The molecule has 0 heterocycles. The third kappa shape index (κ3) is 5.57. The molecule has 0 aliphatic heterocycles. The monoisotopic (exact) mass is 341 g/mol. The van der Waals surface area contributed by atoms with Gasteiger partial charge in [0.1, 0.15) is 5.82 Å². The van der Waals surface area contributed by atoms with Gasteiger partial charge in [-0.15, -0.1) is 0 Å². The first kappa shape index (κ1) is 18.4. The molecule has 0 aromatic heterocycles. The van der Waals surface area contributed by atoms with Crippen LogP contribution in [0.15, 0.2) is 48.5 Å². The van der Waals surface area contributed by atoms with Crippen molar-refractivity contribution < 1.29 is 18.7 Å². The smallest absolute Gasteiger partial charge is 0.331 e. The zero-order valence-electron chi connectivity index (χ0n) is 14.4. The normalized spacial score (nSPS) is 12.0. The van der Waals surface area contributed by atoms with E-state index in [1.165, 1.54) is 19.1 Å². The Balaban J connectivity index is 1.91. The van der Waals surface area contributed by atoms with Crippen molar-refractivity contribution in [2.75, 3.05) is 5.32 Å². The predicted molar refractivity (Wildman–Crippen MR) is 95.5 cm³/mol. The van der Waals surface area contributed by atoms with Gasteiger partial charge in [0.25, 0.3) is 5.91 Å². The van der Waals surface area contributed by atoms with E-state index in [2.05, 4.69) is 5.32 Å². The highest BCUT2D eigenvalue weighted by molar-refractivity contribution is 5.96. The van der Waals surface area contributed by atoms with E-state index in [9.17, 15) is 14.0 Å². The summed E-state index contributed by atoms with van der Waals surface area (Å²) in [4.78, 5) is 23.8. The summed E-state index contributed by atoms with van der Waals surface area (Å²) in [5.41, 5.74) is 2.74. The number of ether oxygens (including phenoxy) is 1. The quantitative estimate of drug-likeness (QED) is 0.660. The molecule has 5 heteroatoms. The number of anilines is 1. The van der Waals surface area contributed by atoms with Gasteiger partial charge in [0.2, 0.25) is 0 Å². The molecule has 130 valence electrons. The predicted octanol–water partition coefficient (Wildman–Crippen LogP) is 4.03. The Kier molecular flexibility index (Phi) is 6.06. The molecule has 0 saturated carbocycles. The molecule has 2 aromatic carbocycles. The minimum Gasteiger partial charge on any atom is -0.449 e. The van der Waals surface area contributed by atoms with Gasteiger partial charge in [0.05, 0.1) is 0 Å². The summed E-state index contributed by atoms with van der Waals surface area (Å²) < 4.78 is 18.5. The second-order valence-corrected chi connectivity index (χ2v) is 5.78. The zero-order valence-corrected chi connectivity index (χ0v) is 14.4. The fraction of sp³-hybridized carbons (Fsp3) is 0.200. The van der Waals surface area contributed by atoms with Gasteiger partial charge in [-0.3, -0.25) is 4.79 Å². The lowest BCUT2D eigenvalue weighted by Crippen LogP contribution is -2.29. The Morgan fingerprint density at radius 2 is 1.92 bits per heavy atom. The fourth-order valence-electron chi connectivity index (χ4n) is 2.12. The maximum absolute atomic E-state index is 13.5. The van der Waals surface area contributed by atoms with Crippen LogP contribution in [0.3, 0.4) is 0 Å². The first-order chi connectivity index (χ1) is 11.8. The van der Waals surface area contributed by atoms with Crippen LogP contribution in [0.2, 0.25) is 0 Å². The maximum atomic E-state index is 13.5. The van der Waals surface area contributed by atoms with Gasteiger partial charge in [0, 0.05) is 11.8 Å². The van der Waals surface area contributed by atoms with Gasteiger partial charge >= 0.3 is 5.97 Å². The average Bonchev–Trinajstić information content (AvgIpc) is 2.56. The number of amides is 1. The number of rotatable bonds is 5. The molecule has 2 rings (SSSR count). The largest absolute Gasteiger partial charge is 0.449 e. The van der Waals surface area contributed by atoms with E-state index >= 15 is 0 Å². The van der Waals surface area contributed by atoms with Crippen LogP contribution in [0.1, 0.15) is 23.6 Å². The van der Waals surface area contributed by atoms with Gasteiger partial charge in [-0.05, 0) is 50.1 Å². The Morgan fingerprint density at radius 3 is 2.60 bits per heavy atom. The van der Waals surface area contributed by atoms with Gasteiger partial charge in [0.15, 0.2) is 6.10 Å². The number of aryl methyl sites for hydroxylation is 2. The Labute approximate surface area is 146 Å². The standard InChI is InChI=1S/C20H20FNO3/c1-13-5-4-6-16(11-13)8-10-19(23)25-15(3)20(24)22-17-9-7-14(2)18(21)12-17/h4-12,15H,1-3H3,(H,22,24)/b10-8+/t15-/m1/s1. The van der Waals surface area contributed by atoms with E-state index in [-0.39, 0.29) is 0 Å². The molecule has 1 amide bonds. The molecule has 2 aromatic rings. The number of nitrogens with one attached hydrogen (secondary N) is 1. The first-order valence-electron chi connectivity index (χ1n) is 7.87. The molecule has 0 radical (unpaired) electrons. The molecule has 0 fully saturated rings. The first-order valence-corrected chi connectivity index (χ1v) is 7.87. The SMILES string of the molecule is Cc1cccc(/C=C/C(=O)O[C@H](C)C(=O)Nc2ccc(C)c(F)c2)c1. The molecular weight excluding hydrogens is 321 g/mol. The van der Waals surface area contributed by atoms with E-state index in [1.807, 2.05) is 31.2 Å². The van der Waals surface area contributed by atoms with Crippen LogP contribution in [0, 0.1) is 19.7 Å². The molecule has 4 nitrogen and oxygen atoms in total. The number of halogens is 1. The lowest BCUT2D eigenvalue weighted by molar-refractivity contribution is -0.148. The highest BCUT2D eigenvalue weighted by atomic mass is 19.1. The fourth-order valence-corrected chi connectivity index (χ4v) is 2.12. The molecule has 0 bridgehead atoms. The van der Waals surface area contributed by atoms with Crippen molar-refractivity contribution >= 4 is 23.6 Å². The second-order valence-electron chi connectivity index (χ2n) is 5.78. The van der Waals surface area contributed by atoms with E-state index in [4.69, 9.17) is 4.74 Å². The van der Waals surface area contributed by atoms with Crippen LogP contribution < -0.4 is 5.32 Å². The lowest BCUT2D eigenvalue weighted by atomic mass is 10.1. The Bertz CT molecular complexity index is 814. The number of esters is 1. The number of hydrogen-bond acceptors (Lipinski definition) is 3. The van der Waals surface area contributed by atoms with Crippen LogP contribution in [0.4, 0.5) is 10.1 Å². The molecule has 0 unspecified atom stereocenters. The Morgan fingerprint density at radius 1 is 1.16 bits per heavy atom. The maximum Gasteiger partial charge on any atom is 0.331 e. The second kappa shape index (κ2) is 8.24. The number of carbonyl (C=O) groups is 2. The molecule has 0 aliphatic rings. The molecule has 0 aliphatic carbocycles. The summed E-state index contributed by atoms with van der Waals surface area (Å²) in [6.07, 6.45) is 1.89. The molecule has 1 atom stereocenters. The summed E-state index contributed by atoms with van der Waals surface area (Å²) in [6, 6.07) is 12.0. The van der Waals surface area contributed by atoms with E-state index < -0.39 is 23.8 Å². The molecule has 0 spiro atoms. The highest BCUT2D eigenvalue weighted by Crippen LogP contribution is 2.14. The highest BCUT2D eigenvalue weighted by Gasteiger charge is 2.17. The third-order valence-corrected chi connectivity index (χ3v) is 3.56. The van der Waals surface area contributed by atoms with Crippen LogP contribution >= 0.6 is 0 Å². The van der Waals surface area contributed by atoms with Crippen molar-refractivity contribution in [1.29, 1.82) is 0 Å². The zero-order chi connectivity index (χ0) is 18.4. The average molecular weight is 341 g/mol. The van der Waals surface area contributed by atoms with Crippen LogP contribution in [-0.4, -0.2) is 18.0 Å². The number of benzene rings is 2. The topological polar surface area (TPSA) is 55.4 Å². The molecule has 25 heavy (non-hydrogen) atoms. The minimum absolute atomic E-state index is 0.311. The van der Waals surface area contributed by atoms with Crippen LogP contribution in [0.5, 0.6) is 0 Å². The molecular formula is C20H20FNO3. The lowest BCUT2D eigenvalue weighted by Gasteiger charge is -2.12.